The van der Waals surface area contributed by atoms with Crippen LogP contribution < -0.4 is 9.47 Å². The normalized spacial score (nSPS) is 9.89. The minimum absolute atomic E-state index is 0.646. The van der Waals surface area contributed by atoms with Crippen molar-refractivity contribution in [3.63, 3.8) is 0 Å². The van der Waals surface area contributed by atoms with Crippen molar-refractivity contribution in [2.24, 2.45) is 0 Å². The topological polar surface area (TPSA) is 35.5 Å². The first kappa shape index (κ1) is 12.2. The van der Waals surface area contributed by atoms with Crippen LogP contribution in [0.1, 0.15) is 10.4 Å². The quantitative estimate of drug-likeness (QED) is 0.772. The lowest BCUT2D eigenvalue weighted by Gasteiger charge is -2.10. The molecule has 3 heteroatoms. The molecule has 0 spiro atoms. The second-order valence-corrected chi connectivity index (χ2v) is 3.81. The molecule has 0 saturated carbocycles. The van der Waals surface area contributed by atoms with E-state index >= 15 is 0 Å². The highest BCUT2D eigenvalue weighted by molar-refractivity contribution is 5.88. The molecule has 0 aliphatic heterocycles. The lowest BCUT2D eigenvalue weighted by atomic mass is 10.00. The Balaban J connectivity index is 2.59. The summed E-state index contributed by atoms with van der Waals surface area (Å²) in [7, 11) is 3.20. The van der Waals surface area contributed by atoms with Crippen LogP contribution in [0.4, 0.5) is 0 Å². The maximum absolute atomic E-state index is 11.0. The molecule has 3 nitrogen and oxygen atoms in total. The number of ether oxygens (including phenoxy) is 2. The Morgan fingerprint density at radius 2 is 1.56 bits per heavy atom. The van der Waals surface area contributed by atoms with Crippen LogP contribution in [0.2, 0.25) is 0 Å². The Bertz CT molecular complexity index is 539. The van der Waals surface area contributed by atoms with Crippen LogP contribution in [-0.2, 0) is 0 Å². The van der Waals surface area contributed by atoms with Gasteiger partial charge in [-0.15, -0.1) is 0 Å². The van der Waals surface area contributed by atoms with E-state index in [4.69, 9.17) is 9.47 Å². The predicted molar refractivity (Wildman–Crippen MR) is 70.4 cm³/mol. The first-order valence-corrected chi connectivity index (χ1v) is 5.56. The van der Waals surface area contributed by atoms with E-state index in [1.54, 1.807) is 26.4 Å². The summed E-state index contributed by atoms with van der Waals surface area (Å²) in [4.78, 5) is 11.0. The zero-order chi connectivity index (χ0) is 13.0. The second kappa shape index (κ2) is 5.36. The molecule has 0 unspecified atom stereocenters. The van der Waals surface area contributed by atoms with Crippen molar-refractivity contribution in [2.45, 2.75) is 0 Å². The van der Waals surface area contributed by atoms with Gasteiger partial charge in [-0.1, -0.05) is 24.3 Å². The fourth-order valence-corrected chi connectivity index (χ4v) is 1.83. The van der Waals surface area contributed by atoms with Crippen LogP contribution in [0.3, 0.4) is 0 Å². The van der Waals surface area contributed by atoms with Gasteiger partial charge in [-0.05, 0) is 23.3 Å². The monoisotopic (exact) mass is 242 g/mol. The highest BCUT2D eigenvalue weighted by atomic mass is 16.5. The largest absolute Gasteiger partial charge is 0.497 e. The summed E-state index contributed by atoms with van der Waals surface area (Å²) in [6.07, 6.45) is 0.848. The van der Waals surface area contributed by atoms with Crippen LogP contribution in [-0.4, -0.2) is 20.5 Å². The van der Waals surface area contributed by atoms with E-state index < -0.39 is 0 Å². The number of carbonyl (C=O) groups is 1. The van der Waals surface area contributed by atoms with Crippen molar-refractivity contribution in [3.8, 4) is 22.6 Å². The Hall–Kier alpha value is -2.29. The number of benzene rings is 2. The third kappa shape index (κ3) is 2.35. The summed E-state index contributed by atoms with van der Waals surface area (Å²) in [5.41, 5.74) is 2.41. The second-order valence-electron chi connectivity index (χ2n) is 3.81. The molecular formula is C15H14O3. The molecule has 0 atom stereocenters. The molecule has 2 aromatic carbocycles. The molecule has 0 saturated heterocycles. The highest BCUT2D eigenvalue weighted by Crippen LogP contribution is 2.31. The Morgan fingerprint density at radius 1 is 0.944 bits per heavy atom. The first-order chi connectivity index (χ1) is 8.78. The molecular weight excluding hydrogens is 228 g/mol. The van der Waals surface area contributed by atoms with E-state index in [1.165, 1.54) is 0 Å². The molecule has 2 aromatic rings. The maximum Gasteiger partial charge on any atom is 0.150 e. The summed E-state index contributed by atoms with van der Waals surface area (Å²) in [6, 6.07) is 13.0. The zero-order valence-electron chi connectivity index (χ0n) is 10.3. The molecule has 0 bridgehead atoms. The SMILES string of the molecule is COc1cc(OC)cc(-c2ccccc2C=O)c1. The average Bonchev–Trinajstić information content (AvgIpc) is 2.46. The van der Waals surface area contributed by atoms with Gasteiger partial charge in [0.2, 0.25) is 0 Å². The van der Waals surface area contributed by atoms with E-state index in [2.05, 4.69) is 0 Å². The van der Waals surface area contributed by atoms with Gasteiger partial charge in [0, 0.05) is 11.6 Å². The minimum Gasteiger partial charge on any atom is -0.497 e. The molecule has 0 heterocycles. The van der Waals surface area contributed by atoms with E-state index in [1.807, 2.05) is 30.3 Å². The van der Waals surface area contributed by atoms with Gasteiger partial charge >= 0.3 is 0 Å². The van der Waals surface area contributed by atoms with Gasteiger partial charge in [0.05, 0.1) is 14.2 Å². The summed E-state index contributed by atoms with van der Waals surface area (Å²) < 4.78 is 10.4. The van der Waals surface area contributed by atoms with Crippen molar-refractivity contribution in [1.82, 2.24) is 0 Å². The van der Waals surface area contributed by atoms with Gasteiger partial charge in [0.15, 0.2) is 6.29 Å². The van der Waals surface area contributed by atoms with Crippen molar-refractivity contribution < 1.29 is 14.3 Å². The number of methoxy groups -OCH3 is 2. The fourth-order valence-electron chi connectivity index (χ4n) is 1.83. The van der Waals surface area contributed by atoms with Crippen LogP contribution >= 0.6 is 0 Å². The molecule has 2 rings (SSSR count). The van der Waals surface area contributed by atoms with Gasteiger partial charge in [-0.3, -0.25) is 4.79 Å². The third-order valence-electron chi connectivity index (χ3n) is 2.75. The Morgan fingerprint density at radius 3 is 2.11 bits per heavy atom. The minimum atomic E-state index is 0.646. The summed E-state index contributed by atoms with van der Waals surface area (Å²) in [5, 5.41) is 0. The van der Waals surface area contributed by atoms with Crippen LogP contribution in [0.25, 0.3) is 11.1 Å². The van der Waals surface area contributed by atoms with E-state index in [0.29, 0.717) is 17.1 Å². The van der Waals surface area contributed by atoms with Crippen LogP contribution in [0.5, 0.6) is 11.5 Å². The number of hydrogen-bond acceptors (Lipinski definition) is 3. The Labute approximate surface area is 106 Å². The zero-order valence-corrected chi connectivity index (χ0v) is 10.3. The fraction of sp³-hybridized carbons (Fsp3) is 0.133. The van der Waals surface area contributed by atoms with Gasteiger partial charge < -0.3 is 9.47 Å². The first-order valence-electron chi connectivity index (χ1n) is 5.56. The average molecular weight is 242 g/mol. The lowest BCUT2D eigenvalue weighted by Crippen LogP contribution is -1.91. The lowest BCUT2D eigenvalue weighted by molar-refractivity contribution is 0.112. The van der Waals surface area contributed by atoms with Crippen molar-refractivity contribution >= 4 is 6.29 Å². The van der Waals surface area contributed by atoms with E-state index in [-0.39, 0.29) is 0 Å². The van der Waals surface area contributed by atoms with Crippen LogP contribution in [0, 0.1) is 0 Å². The molecule has 0 amide bonds. The van der Waals surface area contributed by atoms with Gasteiger partial charge in [-0.25, -0.2) is 0 Å². The molecule has 92 valence electrons. The van der Waals surface area contributed by atoms with Gasteiger partial charge in [0.25, 0.3) is 0 Å². The van der Waals surface area contributed by atoms with Crippen molar-refractivity contribution in [1.29, 1.82) is 0 Å². The van der Waals surface area contributed by atoms with Crippen molar-refractivity contribution in [2.75, 3.05) is 14.2 Å². The maximum atomic E-state index is 11.0. The van der Waals surface area contributed by atoms with Gasteiger partial charge in [-0.2, -0.15) is 0 Å². The van der Waals surface area contributed by atoms with Crippen molar-refractivity contribution in [3.05, 3.63) is 48.0 Å². The summed E-state index contributed by atoms with van der Waals surface area (Å²) >= 11 is 0. The highest BCUT2D eigenvalue weighted by Gasteiger charge is 2.07. The predicted octanol–water partition coefficient (Wildman–Crippen LogP) is 3.18. The number of carbonyl (C=O) groups excluding carboxylic acids is 1. The van der Waals surface area contributed by atoms with E-state index in [9.17, 15) is 4.79 Å². The third-order valence-corrected chi connectivity index (χ3v) is 2.75. The number of rotatable bonds is 4. The standard InChI is InChI=1S/C15H14O3/c1-17-13-7-12(8-14(9-13)18-2)15-6-4-3-5-11(15)10-16/h3-10H,1-2H3. The molecule has 0 aromatic heterocycles. The summed E-state index contributed by atoms with van der Waals surface area (Å²) in [6.45, 7) is 0. The molecule has 0 fully saturated rings. The molecule has 0 N–H and O–H groups in total. The Kier molecular flexibility index (Phi) is 3.63. The molecule has 0 aliphatic rings. The van der Waals surface area contributed by atoms with Gasteiger partial charge in [0.1, 0.15) is 11.5 Å². The molecule has 0 aliphatic carbocycles. The molecule has 18 heavy (non-hydrogen) atoms. The van der Waals surface area contributed by atoms with Crippen LogP contribution in [0.15, 0.2) is 42.5 Å². The number of hydrogen-bond donors (Lipinski definition) is 0. The van der Waals surface area contributed by atoms with E-state index in [0.717, 1.165) is 17.4 Å². The number of aldehydes is 1. The summed E-state index contributed by atoms with van der Waals surface area (Å²) in [5.74, 6) is 1.40. The smallest absolute Gasteiger partial charge is 0.150 e. The molecule has 0 radical (unpaired) electrons.